The highest BCUT2D eigenvalue weighted by Crippen LogP contribution is 2.39. The summed E-state index contributed by atoms with van der Waals surface area (Å²) in [6.07, 6.45) is 8.31. The molecule has 0 atom stereocenters. The minimum atomic E-state index is -0.328. The summed E-state index contributed by atoms with van der Waals surface area (Å²) in [5.41, 5.74) is 1.85. The molecule has 1 aromatic heterocycles. The Hall–Kier alpha value is -2.50. The molecule has 0 amide bonds. The van der Waals surface area contributed by atoms with E-state index in [1.807, 2.05) is 39.1 Å². The predicted molar refractivity (Wildman–Crippen MR) is 135 cm³/mol. The van der Waals surface area contributed by atoms with Crippen LogP contribution in [0.2, 0.25) is 0 Å². The molecule has 0 fully saturated rings. The van der Waals surface area contributed by atoms with Crippen molar-refractivity contribution in [3.8, 4) is 11.5 Å². The first-order valence-corrected chi connectivity index (χ1v) is 12.2. The lowest BCUT2D eigenvalue weighted by Gasteiger charge is -2.33. The van der Waals surface area contributed by atoms with E-state index >= 15 is 0 Å². The van der Waals surface area contributed by atoms with Gasteiger partial charge in [-0.3, -0.25) is 9.78 Å². The van der Waals surface area contributed by atoms with Crippen LogP contribution in [-0.4, -0.2) is 43.4 Å². The Morgan fingerprint density at radius 2 is 1.88 bits per heavy atom. The van der Waals surface area contributed by atoms with Gasteiger partial charge < -0.3 is 19.1 Å². The number of anilines is 1. The number of fused-ring (bicyclic) bond motifs is 3. The Labute approximate surface area is 199 Å². The second kappa shape index (κ2) is 12.7. The standard InChI is InChI=1S/C21H30N2O2.C6H12O2/c1-4-6-16(7-5-2)10-11-23-12-13-25-20-15-22-19-9-8-17(24-3)14-18(19)21(20)23;1-5(7)8-6(2,3)4/h8-9,14-16H,4-7,10-13H2,1-3H3;1-4H3. The SMILES string of the molecule is CC(=O)OC(C)(C)C.CCCC(CCC)CCN1CCOc2cnc3ccc(OC)cc3c21. The highest BCUT2D eigenvalue weighted by atomic mass is 16.6. The highest BCUT2D eigenvalue weighted by Gasteiger charge is 2.22. The fraction of sp³-hybridized carbons (Fsp3) is 0.630. The summed E-state index contributed by atoms with van der Waals surface area (Å²) in [6, 6.07) is 6.07. The van der Waals surface area contributed by atoms with Gasteiger partial charge in [0.2, 0.25) is 0 Å². The molecule has 3 rings (SSSR count). The van der Waals surface area contributed by atoms with Crippen LogP contribution in [0.25, 0.3) is 10.9 Å². The zero-order valence-electron chi connectivity index (χ0n) is 21.6. The quantitative estimate of drug-likeness (QED) is 0.427. The van der Waals surface area contributed by atoms with Crippen molar-refractivity contribution in [2.75, 3.05) is 31.7 Å². The van der Waals surface area contributed by atoms with Crippen molar-refractivity contribution in [2.24, 2.45) is 5.92 Å². The van der Waals surface area contributed by atoms with Crippen LogP contribution in [0.5, 0.6) is 11.5 Å². The number of esters is 1. The maximum atomic E-state index is 10.2. The van der Waals surface area contributed by atoms with Crippen molar-refractivity contribution in [1.29, 1.82) is 0 Å². The maximum absolute atomic E-state index is 10.2. The number of hydrogen-bond donors (Lipinski definition) is 0. The van der Waals surface area contributed by atoms with E-state index in [1.165, 1.54) is 44.7 Å². The van der Waals surface area contributed by atoms with Crippen LogP contribution in [-0.2, 0) is 9.53 Å². The summed E-state index contributed by atoms with van der Waals surface area (Å²) < 4.78 is 16.1. The third-order valence-corrected chi connectivity index (χ3v) is 5.60. The molecule has 1 aromatic carbocycles. The zero-order valence-corrected chi connectivity index (χ0v) is 21.6. The van der Waals surface area contributed by atoms with Gasteiger partial charge in [-0.25, -0.2) is 0 Å². The van der Waals surface area contributed by atoms with Crippen LogP contribution in [0.3, 0.4) is 0 Å². The minimum absolute atomic E-state index is 0.225. The Bertz CT molecular complexity index is 880. The topological polar surface area (TPSA) is 60.9 Å². The number of hydrogen-bond acceptors (Lipinski definition) is 6. The lowest BCUT2D eigenvalue weighted by Crippen LogP contribution is -2.34. The first-order valence-electron chi connectivity index (χ1n) is 12.2. The Kier molecular flexibility index (Phi) is 10.3. The third kappa shape index (κ3) is 8.41. The summed E-state index contributed by atoms with van der Waals surface area (Å²) in [4.78, 5) is 17.3. The molecule has 184 valence electrons. The lowest BCUT2D eigenvalue weighted by atomic mass is 9.94. The van der Waals surface area contributed by atoms with Crippen molar-refractivity contribution < 1.29 is 19.0 Å². The summed E-state index contributed by atoms with van der Waals surface area (Å²) in [7, 11) is 1.71. The Balaban J connectivity index is 0.000000414. The number of ether oxygens (including phenoxy) is 3. The molecule has 1 aliphatic heterocycles. The third-order valence-electron chi connectivity index (χ3n) is 5.60. The predicted octanol–water partition coefficient (Wildman–Crippen LogP) is 6.40. The molecule has 0 spiro atoms. The van der Waals surface area contributed by atoms with Gasteiger partial charge in [-0.1, -0.05) is 39.5 Å². The lowest BCUT2D eigenvalue weighted by molar-refractivity contribution is -0.151. The van der Waals surface area contributed by atoms with Crippen LogP contribution in [0, 0.1) is 5.92 Å². The van der Waals surface area contributed by atoms with Crippen molar-refractivity contribution in [1.82, 2.24) is 4.98 Å². The number of benzene rings is 1. The highest BCUT2D eigenvalue weighted by molar-refractivity contribution is 5.96. The fourth-order valence-electron chi connectivity index (χ4n) is 4.32. The van der Waals surface area contributed by atoms with E-state index < -0.39 is 0 Å². The zero-order chi connectivity index (χ0) is 24.4. The van der Waals surface area contributed by atoms with Gasteiger partial charge >= 0.3 is 5.97 Å². The fourth-order valence-corrected chi connectivity index (χ4v) is 4.32. The van der Waals surface area contributed by atoms with Crippen LogP contribution >= 0.6 is 0 Å². The van der Waals surface area contributed by atoms with Gasteiger partial charge in [0.1, 0.15) is 18.0 Å². The molecule has 6 nitrogen and oxygen atoms in total. The Morgan fingerprint density at radius 3 is 2.42 bits per heavy atom. The molecule has 6 heteroatoms. The molecule has 33 heavy (non-hydrogen) atoms. The van der Waals surface area contributed by atoms with Crippen molar-refractivity contribution in [2.45, 2.75) is 79.2 Å². The largest absolute Gasteiger partial charge is 0.497 e. The number of aromatic nitrogens is 1. The number of rotatable bonds is 8. The molecule has 0 N–H and O–H groups in total. The molecule has 0 saturated heterocycles. The van der Waals surface area contributed by atoms with Crippen molar-refractivity contribution >= 4 is 22.6 Å². The van der Waals surface area contributed by atoms with E-state index in [0.717, 1.165) is 48.0 Å². The molecule has 0 unspecified atom stereocenters. The van der Waals surface area contributed by atoms with Gasteiger partial charge in [-0.05, 0) is 51.3 Å². The van der Waals surface area contributed by atoms with Gasteiger partial charge in [0, 0.05) is 18.9 Å². The van der Waals surface area contributed by atoms with E-state index in [4.69, 9.17) is 14.2 Å². The van der Waals surface area contributed by atoms with Gasteiger partial charge in [0.25, 0.3) is 0 Å². The molecule has 2 heterocycles. The Morgan fingerprint density at radius 1 is 1.18 bits per heavy atom. The summed E-state index contributed by atoms with van der Waals surface area (Å²) in [5, 5.41) is 1.12. The van der Waals surface area contributed by atoms with Crippen LogP contribution < -0.4 is 14.4 Å². The van der Waals surface area contributed by atoms with Gasteiger partial charge in [0.05, 0.1) is 31.1 Å². The summed E-state index contributed by atoms with van der Waals surface area (Å²) in [5.74, 6) is 2.36. The average Bonchev–Trinajstić information content (AvgIpc) is 2.75. The molecule has 2 aromatic rings. The molecule has 0 aliphatic carbocycles. The van der Waals surface area contributed by atoms with E-state index in [1.54, 1.807) is 7.11 Å². The molecular formula is C27H42N2O4. The van der Waals surface area contributed by atoms with Gasteiger partial charge in [0.15, 0.2) is 5.75 Å². The number of methoxy groups -OCH3 is 1. The van der Waals surface area contributed by atoms with Gasteiger partial charge in [-0.2, -0.15) is 0 Å². The number of carbonyl (C=O) groups excluding carboxylic acids is 1. The molecule has 1 aliphatic rings. The van der Waals surface area contributed by atoms with Crippen molar-refractivity contribution in [3.05, 3.63) is 24.4 Å². The molecule has 0 radical (unpaired) electrons. The second-order valence-corrected chi connectivity index (χ2v) is 9.63. The monoisotopic (exact) mass is 458 g/mol. The average molecular weight is 459 g/mol. The summed E-state index contributed by atoms with van der Waals surface area (Å²) in [6.45, 7) is 14.3. The maximum Gasteiger partial charge on any atom is 0.303 e. The van der Waals surface area contributed by atoms with E-state index in [2.05, 4.69) is 29.8 Å². The van der Waals surface area contributed by atoms with E-state index in [0.29, 0.717) is 0 Å². The second-order valence-electron chi connectivity index (χ2n) is 9.63. The molecule has 0 saturated carbocycles. The van der Waals surface area contributed by atoms with Crippen LogP contribution in [0.1, 0.15) is 73.6 Å². The minimum Gasteiger partial charge on any atom is -0.497 e. The smallest absolute Gasteiger partial charge is 0.303 e. The summed E-state index contributed by atoms with van der Waals surface area (Å²) >= 11 is 0. The molecular weight excluding hydrogens is 416 g/mol. The normalized spacial score (nSPS) is 13.2. The molecule has 0 bridgehead atoms. The first kappa shape index (κ1) is 26.7. The van der Waals surface area contributed by atoms with Crippen molar-refractivity contribution in [3.63, 3.8) is 0 Å². The first-order chi connectivity index (χ1) is 15.7. The van der Waals surface area contributed by atoms with E-state index in [-0.39, 0.29) is 11.6 Å². The van der Waals surface area contributed by atoms with Crippen LogP contribution in [0.15, 0.2) is 24.4 Å². The van der Waals surface area contributed by atoms with E-state index in [9.17, 15) is 4.79 Å². The number of nitrogens with zero attached hydrogens (tertiary/aromatic N) is 2. The van der Waals surface area contributed by atoms with Crippen LogP contribution in [0.4, 0.5) is 5.69 Å². The number of pyridine rings is 1. The van der Waals surface area contributed by atoms with Gasteiger partial charge in [-0.15, -0.1) is 0 Å². The number of carbonyl (C=O) groups is 1.